The van der Waals surface area contributed by atoms with Gasteiger partial charge in [0.25, 0.3) is 0 Å². The Balaban J connectivity index is 2.17. The Morgan fingerprint density at radius 1 is 1.53 bits per heavy atom. The normalized spacial score (nSPS) is 17.7. The fourth-order valence-electron chi connectivity index (χ4n) is 1.93. The molecule has 5 heteroatoms. The number of nitriles is 1. The van der Waals surface area contributed by atoms with Crippen molar-refractivity contribution >= 4 is 5.91 Å². The summed E-state index contributed by atoms with van der Waals surface area (Å²) in [5.41, 5.74) is 0. The van der Waals surface area contributed by atoms with Crippen LogP contribution in [0.3, 0.4) is 0 Å². The van der Waals surface area contributed by atoms with Crippen molar-refractivity contribution in [3.63, 3.8) is 0 Å². The highest BCUT2D eigenvalue weighted by molar-refractivity contribution is 5.76. The number of likely N-dealkylation sites (tertiary alicyclic amines) is 1. The largest absolute Gasteiger partial charge is 0.393 e. The molecule has 0 bridgehead atoms. The Morgan fingerprint density at radius 2 is 2.18 bits per heavy atom. The van der Waals surface area contributed by atoms with Crippen LogP contribution in [-0.2, 0) is 4.79 Å². The third-order valence-corrected chi connectivity index (χ3v) is 3.18. The molecule has 0 aromatic rings. The number of hydrogen-bond donors (Lipinski definition) is 1. The Hall–Kier alpha value is -1.12. The second-order valence-electron chi connectivity index (χ2n) is 4.55. The van der Waals surface area contributed by atoms with Crippen LogP contribution < -0.4 is 0 Å². The maximum absolute atomic E-state index is 11.7. The van der Waals surface area contributed by atoms with Gasteiger partial charge < -0.3 is 14.9 Å². The lowest BCUT2D eigenvalue weighted by atomic mass is 10.1. The summed E-state index contributed by atoms with van der Waals surface area (Å²) in [6.45, 7) is 3.00. The molecule has 1 aliphatic rings. The first-order chi connectivity index (χ1) is 8.13. The number of nitrogens with zero attached hydrogens (tertiary/aromatic N) is 3. The first-order valence-electron chi connectivity index (χ1n) is 6.15. The first kappa shape index (κ1) is 13.9. The monoisotopic (exact) mass is 239 g/mol. The summed E-state index contributed by atoms with van der Waals surface area (Å²) >= 11 is 0. The lowest BCUT2D eigenvalue weighted by Gasteiger charge is -2.29. The van der Waals surface area contributed by atoms with E-state index in [2.05, 4.69) is 4.90 Å². The molecule has 0 aromatic heterocycles. The highest BCUT2D eigenvalue weighted by Gasteiger charge is 2.18. The molecule has 1 amide bonds. The number of carbonyl (C=O) groups excluding carboxylic acids is 1. The quantitative estimate of drug-likeness (QED) is 0.744. The van der Waals surface area contributed by atoms with Crippen LogP contribution in [0.2, 0.25) is 0 Å². The van der Waals surface area contributed by atoms with Crippen molar-refractivity contribution in [3.8, 4) is 6.07 Å². The summed E-state index contributed by atoms with van der Waals surface area (Å²) in [6, 6.07) is 2.03. The number of aliphatic hydroxyl groups excluding tert-OH is 1. The van der Waals surface area contributed by atoms with E-state index in [-0.39, 0.29) is 12.0 Å². The second kappa shape index (κ2) is 7.25. The Labute approximate surface area is 103 Å². The zero-order valence-corrected chi connectivity index (χ0v) is 10.4. The van der Waals surface area contributed by atoms with Crippen molar-refractivity contribution < 1.29 is 9.90 Å². The number of aliphatic hydroxyl groups is 1. The van der Waals surface area contributed by atoms with Crippen molar-refractivity contribution in [1.29, 1.82) is 5.26 Å². The molecule has 0 atom stereocenters. The van der Waals surface area contributed by atoms with Crippen molar-refractivity contribution in [2.24, 2.45) is 0 Å². The summed E-state index contributed by atoms with van der Waals surface area (Å²) in [5.74, 6) is 0.0892. The predicted octanol–water partition coefficient (Wildman–Crippen LogP) is 0.205. The van der Waals surface area contributed by atoms with Gasteiger partial charge in [-0.05, 0) is 12.8 Å². The highest BCUT2D eigenvalue weighted by atomic mass is 16.3. The van der Waals surface area contributed by atoms with E-state index in [1.165, 1.54) is 0 Å². The molecule has 0 spiro atoms. The predicted molar refractivity (Wildman–Crippen MR) is 64.2 cm³/mol. The van der Waals surface area contributed by atoms with Gasteiger partial charge in [-0.25, -0.2) is 0 Å². The van der Waals surface area contributed by atoms with Crippen LogP contribution in [0.25, 0.3) is 0 Å². The van der Waals surface area contributed by atoms with Gasteiger partial charge in [0, 0.05) is 39.6 Å². The van der Waals surface area contributed by atoms with Crippen LogP contribution in [0.4, 0.5) is 0 Å². The van der Waals surface area contributed by atoms with Gasteiger partial charge in [-0.1, -0.05) is 0 Å². The smallest absolute Gasteiger partial charge is 0.223 e. The van der Waals surface area contributed by atoms with Crippen LogP contribution in [0.15, 0.2) is 0 Å². The van der Waals surface area contributed by atoms with E-state index in [1.807, 2.05) is 6.07 Å². The first-order valence-corrected chi connectivity index (χ1v) is 6.15. The molecule has 1 saturated heterocycles. The average Bonchev–Trinajstić information content (AvgIpc) is 2.34. The number of rotatable bonds is 5. The van der Waals surface area contributed by atoms with E-state index < -0.39 is 0 Å². The van der Waals surface area contributed by atoms with Gasteiger partial charge in [0.1, 0.15) is 0 Å². The summed E-state index contributed by atoms with van der Waals surface area (Å²) in [5, 5.41) is 17.8. The summed E-state index contributed by atoms with van der Waals surface area (Å²) < 4.78 is 0. The molecule has 1 rings (SSSR count). The molecular formula is C12H21N3O2. The van der Waals surface area contributed by atoms with Gasteiger partial charge in [0.2, 0.25) is 5.91 Å². The molecule has 0 aliphatic carbocycles. The zero-order valence-electron chi connectivity index (χ0n) is 10.4. The summed E-state index contributed by atoms with van der Waals surface area (Å²) in [4.78, 5) is 15.5. The SMILES string of the molecule is CN(CCC#N)C(=O)CCN1CCC(O)CC1. The fourth-order valence-corrected chi connectivity index (χ4v) is 1.93. The molecular weight excluding hydrogens is 218 g/mol. The van der Waals surface area contributed by atoms with Gasteiger partial charge in [0.05, 0.1) is 18.6 Å². The van der Waals surface area contributed by atoms with E-state index in [0.717, 1.165) is 32.5 Å². The minimum absolute atomic E-state index is 0.0892. The number of piperidine rings is 1. The van der Waals surface area contributed by atoms with E-state index >= 15 is 0 Å². The molecule has 5 nitrogen and oxygen atoms in total. The van der Waals surface area contributed by atoms with Crippen molar-refractivity contribution in [2.45, 2.75) is 31.8 Å². The molecule has 96 valence electrons. The average molecular weight is 239 g/mol. The van der Waals surface area contributed by atoms with Crippen LogP contribution in [-0.4, -0.2) is 60.1 Å². The molecule has 0 unspecified atom stereocenters. The number of carbonyl (C=O) groups is 1. The van der Waals surface area contributed by atoms with Crippen LogP contribution in [0, 0.1) is 11.3 Å². The third-order valence-electron chi connectivity index (χ3n) is 3.18. The molecule has 17 heavy (non-hydrogen) atoms. The molecule has 0 radical (unpaired) electrons. The molecule has 1 heterocycles. The molecule has 1 N–H and O–H groups in total. The van der Waals surface area contributed by atoms with E-state index in [4.69, 9.17) is 5.26 Å². The third kappa shape index (κ3) is 5.16. The fraction of sp³-hybridized carbons (Fsp3) is 0.833. The molecule has 0 aromatic carbocycles. The molecule has 1 aliphatic heterocycles. The topological polar surface area (TPSA) is 67.6 Å². The van der Waals surface area contributed by atoms with Crippen molar-refractivity contribution in [1.82, 2.24) is 9.80 Å². The standard InChI is InChI=1S/C12H21N3O2/c1-14(7-2-6-13)12(17)5-10-15-8-3-11(16)4-9-15/h11,16H,2-5,7-10H2,1H3. The Morgan fingerprint density at radius 3 is 2.76 bits per heavy atom. The van der Waals surface area contributed by atoms with Crippen LogP contribution in [0.5, 0.6) is 0 Å². The van der Waals surface area contributed by atoms with Crippen molar-refractivity contribution in [2.75, 3.05) is 33.2 Å². The minimum Gasteiger partial charge on any atom is -0.393 e. The zero-order chi connectivity index (χ0) is 12.7. The maximum atomic E-state index is 11.7. The Bertz CT molecular complexity index is 280. The lowest BCUT2D eigenvalue weighted by molar-refractivity contribution is -0.130. The van der Waals surface area contributed by atoms with E-state index in [0.29, 0.717) is 19.4 Å². The maximum Gasteiger partial charge on any atom is 0.223 e. The van der Waals surface area contributed by atoms with Crippen molar-refractivity contribution in [3.05, 3.63) is 0 Å². The number of hydrogen-bond acceptors (Lipinski definition) is 4. The second-order valence-corrected chi connectivity index (χ2v) is 4.55. The number of amides is 1. The summed E-state index contributed by atoms with van der Waals surface area (Å²) in [6.07, 6.45) is 2.33. The van der Waals surface area contributed by atoms with Crippen LogP contribution in [0.1, 0.15) is 25.7 Å². The minimum atomic E-state index is -0.166. The van der Waals surface area contributed by atoms with Gasteiger partial charge in [-0.3, -0.25) is 4.79 Å². The van der Waals surface area contributed by atoms with Gasteiger partial charge in [0.15, 0.2) is 0 Å². The molecule has 0 saturated carbocycles. The highest BCUT2D eigenvalue weighted by Crippen LogP contribution is 2.10. The lowest BCUT2D eigenvalue weighted by Crippen LogP contribution is -2.38. The van der Waals surface area contributed by atoms with E-state index in [9.17, 15) is 9.90 Å². The van der Waals surface area contributed by atoms with Gasteiger partial charge in [-0.15, -0.1) is 0 Å². The van der Waals surface area contributed by atoms with Gasteiger partial charge in [-0.2, -0.15) is 5.26 Å². The van der Waals surface area contributed by atoms with Gasteiger partial charge >= 0.3 is 0 Å². The molecule has 1 fully saturated rings. The summed E-state index contributed by atoms with van der Waals surface area (Å²) in [7, 11) is 1.74. The van der Waals surface area contributed by atoms with E-state index in [1.54, 1.807) is 11.9 Å². The van der Waals surface area contributed by atoms with Crippen LogP contribution >= 0.6 is 0 Å². The Kier molecular flexibility index (Phi) is 5.95.